The number of nitrogens with zero attached hydrogens (tertiary/aromatic N) is 2. The number of rotatable bonds is 4. The van der Waals surface area contributed by atoms with Gasteiger partial charge in [0.05, 0.1) is 0 Å². The largest absolute Gasteiger partial charge is 0.486 e. The lowest BCUT2D eigenvalue weighted by Gasteiger charge is -2.27. The van der Waals surface area contributed by atoms with E-state index in [0.29, 0.717) is 19.3 Å². The van der Waals surface area contributed by atoms with Gasteiger partial charge in [-0.05, 0) is 84.8 Å². The Morgan fingerprint density at radius 3 is 2.67 bits per heavy atom. The first-order valence-corrected chi connectivity index (χ1v) is 10.8. The Kier molecular flexibility index (Phi) is 5.17. The molecule has 0 bridgehead atoms. The van der Waals surface area contributed by atoms with E-state index in [1.165, 1.54) is 46.2 Å². The van der Waals surface area contributed by atoms with Crippen LogP contribution in [0, 0.1) is 13.8 Å². The smallest absolute Gasteiger partial charge is 0.161 e. The number of likely N-dealkylation sites (tertiary alicyclic amines) is 1. The molecule has 154 valence electrons. The molecule has 0 radical (unpaired) electrons. The highest BCUT2D eigenvalue weighted by Gasteiger charge is 2.27. The molecule has 0 unspecified atom stereocenters. The third-order valence-corrected chi connectivity index (χ3v) is 6.36. The molecule has 2 aliphatic heterocycles. The molecule has 2 aliphatic rings. The van der Waals surface area contributed by atoms with E-state index < -0.39 is 0 Å². The van der Waals surface area contributed by atoms with Crippen LogP contribution in [0.5, 0.6) is 11.5 Å². The van der Waals surface area contributed by atoms with Crippen LogP contribution in [-0.4, -0.2) is 29.6 Å². The Morgan fingerprint density at radius 1 is 0.967 bits per heavy atom. The Balaban J connectivity index is 1.37. The fraction of sp³-hybridized carbons (Fsp3) is 0.346. The average molecular weight is 401 g/mol. The summed E-state index contributed by atoms with van der Waals surface area (Å²) in [5, 5.41) is 0. The third-order valence-electron chi connectivity index (χ3n) is 6.36. The van der Waals surface area contributed by atoms with Crippen molar-refractivity contribution in [2.45, 2.75) is 39.3 Å². The van der Waals surface area contributed by atoms with E-state index in [0.717, 1.165) is 24.6 Å². The van der Waals surface area contributed by atoms with Gasteiger partial charge in [-0.1, -0.05) is 24.3 Å². The van der Waals surface area contributed by atoms with Gasteiger partial charge in [0, 0.05) is 25.0 Å². The molecule has 1 saturated heterocycles. The molecule has 0 N–H and O–H groups in total. The average Bonchev–Trinajstić information content (AvgIpc) is 3.23. The van der Waals surface area contributed by atoms with Gasteiger partial charge >= 0.3 is 0 Å². The monoisotopic (exact) mass is 400 g/mol. The van der Waals surface area contributed by atoms with E-state index >= 15 is 0 Å². The summed E-state index contributed by atoms with van der Waals surface area (Å²) in [6, 6.07) is 15.8. The van der Waals surface area contributed by atoms with Crippen LogP contribution in [0.25, 0.3) is 11.1 Å². The standard InChI is InChI=1S/C26H28N2O2/c1-18-14-20(23-9-10-27-16-19(23)2)5-6-22(18)17-28-11-3-4-24(28)21-7-8-25-26(15-21)30-13-12-29-25/h5-10,14-16,24H,3-4,11-13,17H2,1-2H3/t24-/m1/s1. The van der Waals surface area contributed by atoms with Gasteiger partial charge in [0.15, 0.2) is 11.5 Å². The van der Waals surface area contributed by atoms with E-state index in [1.807, 2.05) is 12.4 Å². The molecule has 1 fully saturated rings. The van der Waals surface area contributed by atoms with Gasteiger partial charge in [-0.25, -0.2) is 0 Å². The van der Waals surface area contributed by atoms with Crippen molar-refractivity contribution in [2.24, 2.45) is 0 Å². The first-order valence-electron chi connectivity index (χ1n) is 10.8. The van der Waals surface area contributed by atoms with Gasteiger partial charge in [-0.3, -0.25) is 9.88 Å². The maximum absolute atomic E-state index is 5.81. The minimum atomic E-state index is 0.433. The van der Waals surface area contributed by atoms with Gasteiger partial charge in [0.2, 0.25) is 0 Å². The predicted octanol–water partition coefficient (Wildman–Crippen LogP) is 5.47. The summed E-state index contributed by atoms with van der Waals surface area (Å²) in [6.07, 6.45) is 6.22. The molecule has 5 rings (SSSR count). The molecule has 0 spiro atoms. The van der Waals surface area contributed by atoms with Crippen molar-refractivity contribution in [1.29, 1.82) is 0 Å². The van der Waals surface area contributed by atoms with E-state index in [-0.39, 0.29) is 0 Å². The Labute approximate surface area is 178 Å². The fourth-order valence-corrected chi connectivity index (χ4v) is 4.72. The zero-order valence-corrected chi connectivity index (χ0v) is 17.7. The normalized spacial score (nSPS) is 18.5. The molecule has 3 heterocycles. The van der Waals surface area contributed by atoms with Crippen LogP contribution in [-0.2, 0) is 6.54 Å². The van der Waals surface area contributed by atoms with Crippen molar-refractivity contribution in [3.8, 4) is 22.6 Å². The van der Waals surface area contributed by atoms with E-state index in [1.54, 1.807) is 0 Å². The van der Waals surface area contributed by atoms with E-state index in [2.05, 4.69) is 66.2 Å². The number of pyridine rings is 1. The minimum absolute atomic E-state index is 0.433. The molecule has 4 nitrogen and oxygen atoms in total. The topological polar surface area (TPSA) is 34.6 Å². The van der Waals surface area contributed by atoms with Crippen LogP contribution in [0.1, 0.15) is 41.1 Å². The molecule has 2 aromatic carbocycles. The lowest BCUT2D eigenvalue weighted by Crippen LogP contribution is -2.23. The summed E-state index contributed by atoms with van der Waals surface area (Å²) in [5.74, 6) is 1.76. The molecule has 1 aromatic heterocycles. The van der Waals surface area contributed by atoms with Crippen LogP contribution in [0.2, 0.25) is 0 Å². The molecule has 0 aliphatic carbocycles. The maximum atomic E-state index is 5.81. The zero-order valence-electron chi connectivity index (χ0n) is 17.7. The number of fused-ring (bicyclic) bond motifs is 1. The van der Waals surface area contributed by atoms with Gasteiger partial charge in [0.1, 0.15) is 13.2 Å². The van der Waals surface area contributed by atoms with Crippen LogP contribution in [0.3, 0.4) is 0 Å². The number of benzene rings is 2. The molecule has 3 aromatic rings. The lowest BCUT2D eigenvalue weighted by molar-refractivity contribution is 0.170. The Bertz CT molecular complexity index is 1060. The summed E-state index contributed by atoms with van der Waals surface area (Å²) in [5.41, 5.74) is 7.81. The van der Waals surface area contributed by atoms with E-state index in [4.69, 9.17) is 9.47 Å². The number of aryl methyl sites for hydroxylation is 2. The second-order valence-electron chi connectivity index (χ2n) is 8.36. The van der Waals surface area contributed by atoms with Crippen molar-refractivity contribution in [1.82, 2.24) is 9.88 Å². The predicted molar refractivity (Wildman–Crippen MR) is 119 cm³/mol. The second kappa shape index (κ2) is 8.11. The maximum Gasteiger partial charge on any atom is 0.161 e. The number of ether oxygens (including phenoxy) is 2. The fourth-order valence-electron chi connectivity index (χ4n) is 4.72. The molecule has 30 heavy (non-hydrogen) atoms. The lowest BCUT2D eigenvalue weighted by atomic mass is 9.97. The first kappa shape index (κ1) is 19.1. The molecule has 0 saturated carbocycles. The SMILES string of the molecule is Cc1cc(-c2ccncc2C)ccc1CN1CCC[C@@H]1c1ccc2c(c1)OCCO2. The number of hydrogen-bond donors (Lipinski definition) is 0. The molecular weight excluding hydrogens is 372 g/mol. The van der Waals surface area contributed by atoms with E-state index in [9.17, 15) is 0 Å². The van der Waals surface area contributed by atoms with Crippen LogP contribution in [0.4, 0.5) is 0 Å². The van der Waals surface area contributed by atoms with Gasteiger partial charge < -0.3 is 9.47 Å². The summed E-state index contributed by atoms with van der Waals surface area (Å²) in [4.78, 5) is 6.82. The van der Waals surface area contributed by atoms with Crippen LogP contribution < -0.4 is 9.47 Å². The summed E-state index contributed by atoms with van der Waals surface area (Å²) >= 11 is 0. The van der Waals surface area contributed by atoms with Crippen molar-refractivity contribution < 1.29 is 9.47 Å². The summed E-state index contributed by atoms with van der Waals surface area (Å²) < 4.78 is 11.5. The molecule has 0 amide bonds. The Hall–Kier alpha value is -2.85. The zero-order chi connectivity index (χ0) is 20.5. The Morgan fingerprint density at radius 2 is 1.83 bits per heavy atom. The number of hydrogen-bond acceptors (Lipinski definition) is 4. The van der Waals surface area contributed by atoms with Crippen molar-refractivity contribution >= 4 is 0 Å². The second-order valence-corrected chi connectivity index (χ2v) is 8.36. The quantitative estimate of drug-likeness (QED) is 0.581. The highest BCUT2D eigenvalue weighted by molar-refractivity contribution is 5.67. The first-order chi connectivity index (χ1) is 14.7. The summed E-state index contributed by atoms with van der Waals surface area (Å²) in [6.45, 7) is 7.71. The van der Waals surface area contributed by atoms with Crippen molar-refractivity contribution in [3.05, 3.63) is 77.1 Å². The highest BCUT2D eigenvalue weighted by atomic mass is 16.6. The third kappa shape index (κ3) is 3.68. The van der Waals surface area contributed by atoms with Crippen LogP contribution in [0.15, 0.2) is 54.9 Å². The van der Waals surface area contributed by atoms with Gasteiger partial charge in [0.25, 0.3) is 0 Å². The number of aromatic nitrogens is 1. The van der Waals surface area contributed by atoms with Crippen LogP contribution >= 0.6 is 0 Å². The molecule has 4 heteroatoms. The van der Waals surface area contributed by atoms with Crippen molar-refractivity contribution in [3.63, 3.8) is 0 Å². The molecular formula is C26H28N2O2. The summed E-state index contributed by atoms with van der Waals surface area (Å²) in [7, 11) is 0. The van der Waals surface area contributed by atoms with Gasteiger partial charge in [-0.2, -0.15) is 0 Å². The highest BCUT2D eigenvalue weighted by Crippen LogP contribution is 2.39. The minimum Gasteiger partial charge on any atom is -0.486 e. The van der Waals surface area contributed by atoms with Crippen molar-refractivity contribution in [2.75, 3.05) is 19.8 Å². The molecule has 1 atom stereocenters. The van der Waals surface area contributed by atoms with Gasteiger partial charge in [-0.15, -0.1) is 0 Å².